The van der Waals surface area contributed by atoms with Crippen LogP contribution >= 0.6 is 0 Å². The van der Waals surface area contributed by atoms with Gasteiger partial charge in [-0.1, -0.05) is 48.5 Å². The highest BCUT2D eigenvalue weighted by Crippen LogP contribution is 2.16. The Hall–Kier alpha value is -2.68. The molecule has 2 aromatic rings. The molecule has 0 saturated heterocycles. The lowest BCUT2D eigenvalue weighted by Gasteiger charge is -2.06. The third kappa shape index (κ3) is 3.65. The van der Waals surface area contributed by atoms with Gasteiger partial charge in [0.05, 0.1) is 5.69 Å². The average molecular weight is 265 g/mol. The maximum Gasteiger partial charge on any atom is 0.221 e. The van der Waals surface area contributed by atoms with Crippen LogP contribution in [0.1, 0.15) is 22.8 Å². The minimum Gasteiger partial charge on any atom is -0.326 e. The van der Waals surface area contributed by atoms with Crippen molar-refractivity contribution in [1.29, 1.82) is 0 Å². The van der Waals surface area contributed by atoms with E-state index in [1.807, 2.05) is 30.3 Å². The molecular formula is C17H15NO2. The highest BCUT2D eigenvalue weighted by molar-refractivity contribution is 6.11. The fourth-order valence-corrected chi connectivity index (χ4v) is 1.82. The lowest BCUT2D eigenvalue weighted by molar-refractivity contribution is -0.114. The molecule has 3 nitrogen and oxygen atoms in total. The standard InChI is InChI=1S/C17H15NO2/c1-13(19)18-16-10-6-5-9-15(16)17(20)12-11-14-7-3-2-4-8-14/h2-12H,1H3,(H,18,19)/b12-11+. The van der Waals surface area contributed by atoms with Crippen LogP contribution in [0.4, 0.5) is 5.69 Å². The monoisotopic (exact) mass is 265 g/mol. The summed E-state index contributed by atoms with van der Waals surface area (Å²) in [4.78, 5) is 23.3. The van der Waals surface area contributed by atoms with E-state index < -0.39 is 0 Å². The van der Waals surface area contributed by atoms with Gasteiger partial charge in [0, 0.05) is 12.5 Å². The molecule has 0 aliphatic rings. The summed E-state index contributed by atoms with van der Waals surface area (Å²) in [6.45, 7) is 1.42. The van der Waals surface area contributed by atoms with Crippen LogP contribution in [-0.2, 0) is 4.79 Å². The summed E-state index contributed by atoms with van der Waals surface area (Å²) in [5, 5.41) is 2.66. The number of nitrogens with one attached hydrogen (secondary N) is 1. The smallest absolute Gasteiger partial charge is 0.221 e. The summed E-state index contributed by atoms with van der Waals surface area (Å²) in [6.07, 6.45) is 3.27. The van der Waals surface area contributed by atoms with Crippen molar-refractivity contribution < 1.29 is 9.59 Å². The second-order valence-corrected chi connectivity index (χ2v) is 4.34. The quantitative estimate of drug-likeness (QED) is 0.679. The van der Waals surface area contributed by atoms with Gasteiger partial charge in [-0.05, 0) is 23.8 Å². The summed E-state index contributed by atoms with van der Waals surface area (Å²) < 4.78 is 0. The molecule has 0 spiro atoms. The fourth-order valence-electron chi connectivity index (χ4n) is 1.82. The van der Waals surface area contributed by atoms with E-state index in [4.69, 9.17) is 0 Å². The summed E-state index contributed by atoms with van der Waals surface area (Å²) in [5.74, 6) is -0.338. The molecule has 0 bridgehead atoms. The van der Waals surface area contributed by atoms with Crippen molar-refractivity contribution in [1.82, 2.24) is 0 Å². The third-order valence-electron chi connectivity index (χ3n) is 2.73. The van der Waals surface area contributed by atoms with Crippen LogP contribution in [0.2, 0.25) is 0 Å². The van der Waals surface area contributed by atoms with Crippen LogP contribution in [0, 0.1) is 0 Å². The molecule has 0 aliphatic carbocycles. The van der Waals surface area contributed by atoms with E-state index in [1.54, 1.807) is 30.3 Å². The van der Waals surface area contributed by atoms with E-state index in [-0.39, 0.29) is 11.7 Å². The summed E-state index contributed by atoms with van der Waals surface area (Å²) in [5.41, 5.74) is 1.97. The Morgan fingerprint density at radius 3 is 2.30 bits per heavy atom. The van der Waals surface area contributed by atoms with E-state index >= 15 is 0 Å². The van der Waals surface area contributed by atoms with Gasteiger partial charge >= 0.3 is 0 Å². The van der Waals surface area contributed by atoms with Crippen molar-refractivity contribution in [3.05, 3.63) is 71.8 Å². The minimum absolute atomic E-state index is 0.141. The normalized spacial score (nSPS) is 10.4. The SMILES string of the molecule is CC(=O)Nc1ccccc1C(=O)/C=C/c1ccccc1. The van der Waals surface area contributed by atoms with Crippen molar-refractivity contribution in [3.63, 3.8) is 0 Å². The van der Waals surface area contributed by atoms with Crippen LogP contribution in [0.3, 0.4) is 0 Å². The second-order valence-electron chi connectivity index (χ2n) is 4.34. The molecule has 20 heavy (non-hydrogen) atoms. The fraction of sp³-hybridized carbons (Fsp3) is 0.0588. The summed E-state index contributed by atoms with van der Waals surface area (Å²) in [6, 6.07) is 16.6. The molecule has 1 N–H and O–H groups in total. The number of para-hydroxylation sites is 1. The van der Waals surface area contributed by atoms with Crippen LogP contribution in [0.25, 0.3) is 6.08 Å². The third-order valence-corrected chi connectivity index (χ3v) is 2.73. The van der Waals surface area contributed by atoms with Gasteiger partial charge in [-0.25, -0.2) is 0 Å². The predicted molar refractivity (Wildman–Crippen MR) is 80.6 cm³/mol. The second kappa shape index (κ2) is 6.48. The first kappa shape index (κ1) is 13.7. The molecule has 0 heterocycles. The topological polar surface area (TPSA) is 46.2 Å². The molecule has 2 rings (SSSR count). The molecule has 1 amide bonds. The van der Waals surface area contributed by atoms with Gasteiger partial charge in [0.2, 0.25) is 5.91 Å². The van der Waals surface area contributed by atoms with Gasteiger partial charge in [-0.2, -0.15) is 0 Å². The van der Waals surface area contributed by atoms with Gasteiger partial charge in [-0.15, -0.1) is 0 Å². The molecule has 0 saturated carbocycles. The van der Waals surface area contributed by atoms with Crippen LogP contribution in [0.15, 0.2) is 60.7 Å². The highest BCUT2D eigenvalue weighted by atomic mass is 16.1. The molecule has 0 radical (unpaired) electrons. The predicted octanol–water partition coefficient (Wildman–Crippen LogP) is 3.54. The molecule has 0 atom stereocenters. The van der Waals surface area contributed by atoms with Crippen molar-refractivity contribution in [2.45, 2.75) is 6.92 Å². The van der Waals surface area contributed by atoms with Gasteiger partial charge in [0.15, 0.2) is 5.78 Å². The summed E-state index contributed by atoms with van der Waals surface area (Å²) in [7, 11) is 0. The van der Waals surface area contributed by atoms with E-state index in [0.29, 0.717) is 11.3 Å². The number of amides is 1. The molecule has 2 aromatic carbocycles. The lowest BCUT2D eigenvalue weighted by atomic mass is 10.1. The number of rotatable bonds is 4. The van der Waals surface area contributed by atoms with Gasteiger partial charge in [0.1, 0.15) is 0 Å². The number of anilines is 1. The van der Waals surface area contributed by atoms with E-state index in [9.17, 15) is 9.59 Å². The zero-order valence-corrected chi connectivity index (χ0v) is 11.2. The molecule has 0 fully saturated rings. The lowest BCUT2D eigenvalue weighted by Crippen LogP contribution is -2.09. The highest BCUT2D eigenvalue weighted by Gasteiger charge is 2.08. The maximum absolute atomic E-state index is 12.2. The van der Waals surface area contributed by atoms with E-state index in [0.717, 1.165) is 5.56 Å². The van der Waals surface area contributed by atoms with Crippen LogP contribution < -0.4 is 5.32 Å². The molecule has 0 aliphatic heterocycles. The van der Waals surface area contributed by atoms with Crippen molar-refractivity contribution in [3.8, 4) is 0 Å². The number of carbonyl (C=O) groups excluding carboxylic acids is 2. The molecular weight excluding hydrogens is 250 g/mol. The van der Waals surface area contributed by atoms with Crippen LogP contribution in [0.5, 0.6) is 0 Å². The first-order valence-electron chi connectivity index (χ1n) is 6.31. The Balaban J connectivity index is 2.21. The van der Waals surface area contributed by atoms with Gasteiger partial charge < -0.3 is 5.32 Å². The molecule has 0 aromatic heterocycles. The number of hydrogen-bond donors (Lipinski definition) is 1. The Labute approximate surface area is 117 Å². The van der Waals surface area contributed by atoms with E-state index in [1.165, 1.54) is 13.0 Å². The number of hydrogen-bond acceptors (Lipinski definition) is 2. The maximum atomic E-state index is 12.2. The van der Waals surface area contributed by atoms with Crippen LogP contribution in [-0.4, -0.2) is 11.7 Å². The van der Waals surface area contributed by atoms with Crippen molar-refractivity contribution in [2.24, 2.45) is 0 Å². The molecule has 0 unspecified atom stereocenters. The van der Waals surface area contributed by atoms with Gasteiger partial charge in [0.25, 0.3) is 0 Å². The Bertz CT molecular complexity index is 645. The Morgan fingerprint density at radius 1 is 0.950 bits per heavy atom. The molecule has 3 heteroatoms. The van der Waals surface area contributed by atoms with Crippen molar-refractivity contribution in [2.75, 3.05) is 5.32 Å². The Morgan fingerprint density at radius 2 is 1.60 bits per heavy atom. The van der Waals surface area contributed by atoms with E-state index in [2.05, 4.69) is 5.32 Å². The number of carbonyl (C=O) groups is 2. The number of allylic oxidation sites excluding steroid dienone is 1. The Kier molecular flexibility index (Phi) is 4.45. The average Bonchev–Trinajstić information content (AvgIpc) is 2.46. The first-order valence-corrected chi connectivity index (χ1v) is 6.31. The largest absolute Gasteiger partial charge is 0.326 e. The zero-order chi connectivity index (χ0) is 14.4. The molecule has 100 valence electrons. The first-order chi connectivity index (χ1) is 9.66. The zero-order valence-electron chi connectivity index (χ0n) is 11.2. The van der Waals surface area contributed by atoms with Gasteiger partial charge in [-0.3, -0.25) is 9.59 Å². The summed E-state index contributed by atoms with van der Waals surface area (Å²) >= 11 is 0. The number of benzene rings is 2. The minimum atomic E-state index is -0.197. The van der Waals surface area contributed by atoms with Crippen molar-refractivity contribution >= 4 is 23.5 Å². The number of ketones is 1.